The number of carbonyl (C=O) groups excluding carboxylic acids is 3. The fourth-order valence-corrected chi connectivity index (χ4v) is 11.3. The molecule has 5 bridgehead atoms. The van der Waals surface area contributed by atoms with Crippen LogP contribution in [-0.2, 0) is 30.3 Å². The number of hydrogen-bond acceptors (Lipinski definition) is 16. The number of carboxylic acid groups (broad SMARTS) is 1. The van der Waals surface area contributed by atoms with E-state index in [0.717, 1.165) is 12.3 Å². The van der Waals surface area contributed by atoms with E-state index >= 15 is 4.39 Å². The molecule has 3 aromatic carbocycles. The van der Waals surface area contributed by atoms with Crippen molar-refractivity contribution >= 4 is 68.3 Å². The van der Waals surface area contributed by atoms with Crippen LogP contribution in [0.1, 0.15) is 106 Å². The molecule has 1 saturated heterocycles. The zero-order chi connectivity index (χ0) is 55.6. The van der Waals surface area contributed by atoms with Crippen molar-refractivity contribution in [3.05, 3.63) is 91.7 Å². The Balaban J connectivity index is 1.19. The molecular formula is C55H64ClFN4O15. The molecule has 1 amide bonds. The third kappa shape index (κ3) is 9.96. The van der Waals surface area contributed by atoms with Crippen LogP contribution in [0, 0.1) is 36.4 Å². The number of nitrogens with zero attached hydrogens (tertiary/aromatic N) is 2. The van der Waals surface area contributed by atoms with Gasteiger partial charge in [0.25, 0.3) is 11.7 Å². The number of halogens is 2. The molecule has 5 heterocycles. The fourth-order valence-electron chi connectivity index (χ4n) is 10.8. The van der Waals surface area contributed by atoms with Crippen molar-refractivity contribution in [3.63, 3.8) is 0 Å². The zero-order valence-electron chi connectivity index (χ0n) is 43.6. The Labute approximate surface area is 442 Å². The average Bonchev–Trinajstić information content (AvgIpc) is 4.14. The summed E-state index contributed by atoms with van der Waals surface area (Å²) in [4.78, 5) is 68.2. The molecule has 408 valence electrons. The second-order valence-electron chi connectivity index (χ2n) is 20.7. The molecule has 5 aliphatic rings. The van der Waals surface area contributed by atoms with Crippen molar-refractivity contribution in [2.75, 3.05) is 30.4 Å². The molecule has 4 aromatic rings. The number of esters is 1. The number of aromatic nitrogens is 1. The van der Waals surface area contributed by atoms with Crippen molar-refractivity contribution in [1.82, 2.24) is 9.88 Å². The number of allylic oxidation sites excluding steroid dienone is 2. The number of hydrogen-bond donors (Lipinski definition) is 8. The molecule has 1 saturated carbocycles. The summed E-state index contributed by atoms with van der Waals surface area (Å²) in [6.45, 7) is 12.4. The molecular weight excluding hydrogens is 1010 g/mol. The third-order valence-electron chi connectivity index (χ3n) is 15.5. The molecule has 8 N–H and O–H groups in total. The lowest BCUT2D eigenvalue weighted by Crippen LogP contribution is -2.46. The van der Waals surface area contributed by atoms with Gasteiger partial charge in [-0.2, -0.15) is 0 Å². The number of carbonyl (C=O) groups is 4. The monoisotopic (exact) mass is 1070 g/mol. The smallest absolute Gasteiger partial charge is 0.341 e. The minimum Gasteiger partial charge on any atom is -0.507 e. The molecule has 1 unspecified atom stereocenters. The van der Waals surface area contributed by atoms with Gasteiger partial charge < -0.3 is 69.7 Å². The standard InChI is InChI=1S/C55H64ClFN4O15/c1-23-11-10-12-24(2)53(70)59-41-33(20-58-30-15-17-60(21-30)43-35(57)19-32-42(40(43)56)61(31-13-14-31)22-34(47(32)66)54(71)72)48(67)37-38(49(41)68)46(65)28(6)51-39(37)52(69)55(8,76-51)74-18-16-36(73-9)25(3)50(75-29(7)62)27(5)45(64)26(4)44(23)63/h10-12,16,18-19,22-23,25-27,30-31,36,44-45,50,58,63-65,67-68H,13-15,17,20-21H2,1-9H3,(H,59,70)(H,71,72)/b11-10+,18-16+,24-12-/t23-,25+,26+,27+,30?,36-,44-,45+,50+,55-/m0/s1. The van der Waals surface area contributed by atoms with Crippen LogP contribution >= 0.6 is 11.6 Å². The summed E-state index contributed by atoms with van der Waals surface area (Å²) < 4.78 is 41.6. The molecule has 2 fully saturated rings. The van der Waals surface area contributed by atoms with Crippen molar-refractivity contribution in [2.24, 2.45) is 23.7 Å². The minimum atomic E-state index is -2.14. The number of ketones is 1. The second-order valence-corrected chi connectivity index (χ2v) is 21.1. The van der Waals surface area contributed by atoms with Gasteiger partial charge in [0.05, 0.1) is 62.8 Å². The Morgan fingerprint density at radius 3 is 2.32 bits per heavy atom. The summed E-state index contributed by atoms with van der Waals surface area (Å²) in [5.74, 6) is -11.4. The summed E-state index contributed by atoms with van der Waals surface area (Å²) in [6.07, 6.45) is 6.19. The molecule has 0 radical (unpaired) electrons. The van der Waals surface area contributed by atoms with E-state index in [1.807, 2.05) is 0 Å². The molecule has 1 aromatic heterocycles. The van der Waals surface area contributed by atoms with Crippen LogP contribution in [0.15, 0.2) is 53.2 Å². The van der Waals surface area contributed by atoms with Gasteiger partial charge in [0, 0.05) is 105 Å². The number of aromatic hydroxyl groups is 3. The first-order chi connectivity index (χ1) is 35.8. The van der Waals surface area contributed by atoms with Gasteiger partial charge in [0.15, 0.2) is 5.75 Å². The van der Waals surface area contributed by atoms with E-state index in [2.05, 4.69) is 10.6 Å². The number of phenolic OH excluding ortho intramolecular Hbond substituents is 3. The quantitative estimate of drug-likeness (QED) is 0.0490. The van der Waals surface area contributed by atoms with Crippen LogP contribution < -0.4 is 25.7 Å². The first-order valence-electron chi connectivity index (χ1n) is 25.2. The number of aliphatic hydroxyl groups excluding tert-OH is 2. The number of anilines is 2. The van der Waals surface area contributed by atoms with Gasteiger partial charge in [-0.25, -0.2) is 9.18 Å². The van der Waals surface area contributed by atoms with E-state index in [9.17, 15) is 54.6 Å². The molecule has 9 rings (SSSR count). The van der Waals surface area contributed by atoms with Crippen LogP contribution in [0.5, 0.6) is 23.0 Å². The predicted molar refractivity (Wildman–Crippen MR) is 280 cm³/mol. The number of rotatable bonds is 8. The van der Waals surface area contributed by atoms with E-state index in [0.29, 0.717) is 19.3 Å². The Bertz CT molecular complexity index is 3210. The number of phenols is 3. The minimum absolute atomic E-state index is 0.00175. The summed E-state index contributed by atoms with van der Waals surface area (Å²) in [6, 6.07) is 0.400. The molecule has 19 nitrogen and oxygen atoms in total. The highest BCUT2D eigenvalue weighted by Crippen LogP contribution is 2.55. The maximum absolute atomic E-state index is 16.2. The summed E-state index contributed by atoms with van der Waals surface area (Å²) in [5.41, 5.74) is -1.75. The molecule has 76 heavy (non-hydrogen) atoms. The van der Waals surface area contributed by atoms with Gasteiger partial charge in [0.2, 0.25) is 5.43 Å². The van der Waals surface area contributed by atoms with Crippen molar-refractivity contribution < 1.29 is 73.2 Å². The third-order valence-corrected chi connectivity index (χ3v) is 15.9. The number of nitrogens with one attached hydrogen (secondary N) is 2. The highest BCUT2D eigenvalue weighted by atomic mass is 35.5. The maximum atomic E-state index is 16.2. The van der Waals surface area contributed by atoms with Crippen LogP contribution in [0.4, 0.5) is 15.8 Å². The lowest BCUT2D eigenvalue weighted by Gasteiger charge is -2.38. The molecule has 21 heteroatoms. The number of Topliss-reactive ketones (excluding diaryl/α,β-unsaturated/α-hetero) is 1. The van der Waals surface area contributed by atoms with Gasteiger partial charge in [-0.15, -0.1) is 0 Å². The number of carboxylic acids is 1. The van der Waals surface area contributed by atoms with E-state index in [1.54, 1.807) is 49.3 Å². The topological polar surface area (TPSA) is 276 Å². The number of aromatic carboxylic acids is 1. The normalized spacial score (nSPS) is 29.0. The van der Waals surface area contributed by atoms with Gasteiger partial charge in [-0.05, 0) is 45.3 Å². The first-order valence-corrected chi connectivity index (χ1v) is 25.6. The van der Waals surface area contributed by atoms with Crippen LogP contribution in [0.2, 0.25) is 5.02 Å². The molecule has 0 spiro atoms. The lowest BCUT2D eigenvalue weighted by molar-refractivity contribution is -0.160. The van der Waals surface area contributed by atoms with E-state index in [4.69, 9.17) is 30.5 Å². The van der Waals surface area contributed by atoms with Crippen molar-refractivity contribution in [3.8, 4) is 23.0 Å². The highest BCUT2D eigenvalue weighted by Gasteiger charge is 2.50. The largest absolute Gasteiger partial charge is 0.507 e. The van der Waals surface area contributed by atoms with Crippen molar-refractivity contribution in [1.29, 1.82) is 0 Å². The Hall–Kier alpha value is -6.71. The zero-order valence-corrected chi connectivity index (χ0v) is 44.3. The van der Waals surface area contributed by atoms with E-state index < -0.39 is 118 Å². The number of pyridine rings is 1. The van der Waals surface area contributed by atoms with E-state index in [-0.39, 0.29) is 91.8 Å². The lowest BCUT2D eigenvalue weighted by atomic mass is 9.78. The van der Waals surface area contributed by atoms with Gasteiger partial charge in [0.1, 0.15) is 34.7 Å². The van der Waals surface area contributed by atoms with Gasteiger partial charge >= 0.3 is 17.7 Å². The summed E-state index contributed by atoms with van der Waals surface area (Å²) in [5, 5.41) is 74.4. The summed E-state index contributed by atoms with van der Waals surface area (Å²) in [7, 11) is 1.41. The van der Waals surface area contributed by atoms with Crippen LogP contribution in [0.25, 0.3) is 21.7 Å². The number of ether oxygens (including phenoxy) is 4. The molecule has 4 aliphatic heterocycles. The van der Waals surface area contributed by atoms with Crippen LogP contribution in [0.3, 0.4) is 0 Å². The Kier molecular flexibility index (Phi) is 15.6. The number of methoxy groups -OCH3 is 1. The Morgan fingerprint density at radius 2 is 1.67 bits per heavy atom. The highest BCUT2D eigenvalue weighted by molar-refractivity contribution is 6.38. The second kappa shape index (κ2) is 21.4. The fraction of sp³-hybridized carbons (Fsp3) is 0.473. The number of fused-ring (bicyclic) bond motifs is 15. The summed E-state index contributed by atoms with van der Waals surface area (Å²) >= 11 is 6.96. The maximum Gasteiger partial charge on any atom is 0.341 e. The molecule has 10 atom stereocenters. The number of aliphatic hydroxyl groups is 2. The predicted octanol–water partition coefficient (Wildman–Crippen LogP) is 7.26. The average molecular weight is 1080 g/mol. The SMILES string of the molecule is CO[C@H]1/C=C/O[C@@]2(C)Oc3c(C)c(O)c4c(O)c(c(CNC5CCN(c6c(F)cc7c(=O)c(C(=O)O)cn(C8CC8)c7c6Cl)C5)c(O)c4c3C2=O)NC(=O)/C(C)=C\C=C\[C@H](C)[C@H](O)[C@@H](C)[C@@H](O)[C@@H](C)[C@H](OC(C)=O)[C@@H]1C. The van der Waals surface area contributed by atoms with Gasteiger partial charge in [-0.3, -0.25) is 19.2 Å². The van der Waals surface area contributed by atoms with E-state index in [1.165, 1.54) is 53.2 Å². The van der Waals surface area contributed by atoms with Crippen LogP contribution in [-0.4, -0.2) is 115 Å². The number of benzene rings is 3. The first kappa shape index (κ1) is 55.5. The van der Waals surface area contributed by atoms with Gasteiger partial charge in [-0.1, -0.05) is 57.5 Å². The number of amides is 1. The molecule has 1 aliphatic carbocycles. The van der Waals surface area contributed by atoms with Crippen molar-refractivity contribution in [2.45, 2.75) is 123 Å². The Morgan fingerprint density at radius 1 is 0.974 bits per heavy atom.